The third kappa shape index (κ3) is 2.47. The van der Waals surface area contributed by atoms with E-state index < -0.39 is 6.23 Å². The Bertz CT molecular complexity index is 983. The van der Waals surface area contributed by atoms with E-state index >= 15 is 0 Å². The Morgan fingerprint density at radius 2 is 1.52 bits per heavy atom. The van der Waals surface area contributed by atoms with Crippen molar-refractivity contribution in [2.75, 3.05) is 11.9 Å². The van der Waals surface area contributed by atoms with Crippen LogP contribution in [0.3, 0.4) is 0 Å². The number of carbonyl (C=O) groups excluding carboxylic acids is 1. The van der Waals surface area contributed by atoms with Gasteiger partial charge in [0.1, 0.15) is 0 Å². The Morgan fingerprint density at radius 3 is 2.16 bits per heavy atom. The second kappa shape index (κ2) is 5.62. The molecule has 0 amide bonds. The Hall–Kier alpha value is -2.81. The molecule has 0 radical (unpaired) electrons. The molecule has 4 rings (SSSR count). The van der Waals surface area contributed by atoms with Gasteiger partial charge in [0.2, 0.25) is 6.23 Å². The first kappa shape index (κ1) is 15.7. The molecule has 1 atom stereocenters. The van der Waals surface area contributed by atoms with Gasteiger partial charge in [-0.1, -0.05) is 42.0 Å². The first-order chi connectivity index (χ1) is 12.0. The zero-order valence-electron chi connectivity index (χ0n) is 15.0. The highest BCUT2D eigenvalue weighted by Gasteiger charge is 2.33. The Balaban J connectivity index is 1.88. The number of fused-ring (bicyclic) bond motifs is 2. The van der Waals surface area contributed by atoms with Gasteiger partial charge >= 0.3 is 5.97 Å². The van der Waals surface area contributed by atoms with Crippen molar-refractivity contribution in [3.8, 4) is 0 Å². The molecule has 3 aromatic carbocycles. The highest BCUT2D eigenvalue weighted by atomic mass is 16.6. The highest BCUT2D eigenvalue weighted by molar-refractivity contribution is 6.03. The van der Waals surface area contributed by atoms with Crippen LogP contribution in [0.1, 0.15) is 38.8 Å². The van der Waals surface area contributed by atoms with Crippen LogP contribution >= 0.6 is 0 Å². The van der Waals surface area contributed by atoms with Crippen molar-refractivity contribution in [3.63, 3.8) is 0 Å². The summed E-state index contributed by atoms with van der Waals surface area (Å²) < 4.78 is 5.85. The summed E-state index contributed by atoms with van der Waals surface area (Å²) in [6.07, 6.45) is -0.401. The molecule has 1 aliphatic rings. The lowest BCUT2D eigenvalue weighted by atomic mass is 9.96. The van der Waals surface area contributed by atoms with Gasteiger partial charge in [-0.2, -0.15) is 0 Å². The van der Waals surface area contributed by atoms with Crippen LogP contribution in [0.15, 0.2) is 48.5 Å². The van der Waals surface area contributed by atoms with Crippen LogP contribution < -0.4 is 4.90 Å². The number of hydrogen-bond donors (Lipinski definition) is 0. The number of nitrogens with zero attached hydrogens (tertiary/aromatic N) is 1. The number of ether oxygens (including phenoxy) is 1. The predicted octanol–water partition coefficient (Wildman–Crippen LogP) is 5.07. The number of anilines is 1. The van der Waals surface area contributed by atoms with Gasteiger partial charge < -0.3 is 9.64 Å². The van der Waals surface area contributed by atoms with Crippen LogP contribution in [0.4, 0.5) is 5.69 Å². The van der Waals surface area contributed by atoms with E-state index in [1.54, 1.807) is 0 Å². The maximum absolute atomic E-state index is 12.7. The number of benzene rings is 3. The zero-order valence-corrected chi connectivity index (χ0v) is 15.0. The van der Waals surface area contributed by atoms with Crippen LogP contribution in [0, 0.1) is 20.8 Å². The Kier molecular flexibility index (Phi) is 3.53. The predicted molar refractivity (Wildman–Crippen MR) is 101 cm³/mol. The van der Waals surface area contributed by atoms with Crippen molar-refractivity contribution < 1.29 is 9.53 Å². The van der Waals surface area contributed by atoms with E-state index in [-0.39, 0.29) is 5.97 Å². The smallest absolute Gasteiger partial charge is 0.342 e. The topological polar surface area (TPSA) is 29.5 Å². The van der Waals surface area contributed by atoms with Crippen LogP contribution in [0.5, 0.6) is 0 Å². The number of rotatable bonds is 1. The summed E-state index contributed by atoms with van der Waals surface area (Å²) in [5.41, 5.74) is 6.12. The normalized spacial score (nSPS) is 16.7. The lowest BCUT2D eigenvalue weighted by Gasteiger charge is -2.37. The lowest BCUT2D eigenvalue weighted by molar-refractivity contribution is 0.0261. The minimum Gasteiger partial charge on any atom is -0.433 e. The SMILES string of the molecule is Cc1cc(C)c(C2OC(=O)c3cc4ccccc4cc3N2C)c(C)c1. The van der Waals surface area contributed by atoms with Crippen molar-refractivity contribution >= 4 is 22.4 Å². The van der Waals surface area contributed by atoms with Crippen LogP contribution in [0.2, 0.25) is 0 Å². The number of cyclic esters (lactones) is 1. The van der Waals surface area contributed by atoms with Gasteiger partial charge in [-0.15, -0.1) is 0 Å². The number of aryl methyl sites for hydroxylation is 3. The molecule has 1 aliphatic heterocycles. The Morgan fingerprint density at radius 1 is 0.920 bits per heavy atom. The molecule has 0 bridgehead atoms. The zero-order chi connectivity index (χ0) is 17.7. The summed E-state index contributed by atoms with van der Waals surface area (Å²) in [6, 6.07) is 16.4. The highest BCUT2D eigenvalue weighted by Crippen LogP contribution is 2.39. The quantitative estimate of drug-likeness (QED) is 0.583. The summed E-state index contributed by atoms with van der Waals surface area (Å²) in [6.45, 7) is 6.24. The van der Waals surface area contributed by atoms with E-state index in [2.05, 4.69) is 49.9 Å². The molecule has 3 nitrogen and oxygen atoms in total. The molecular formula is C22H21NO2. The number of esters is 1. The molecule has 0 aromatic heterocycles. The molecule has 0 fully saturated rings. The van der Waals surface area contributed by atoms with Gasteiger partial charge in [0.15, 0.2) is 0 Å². The molecule has 0 saturated carbocycles. The second-order valence-electron chi connectivity index (χ2n) is 6.90. The van der Waals surface area contributed by atoms with Crippen molar-refractivity contribution in [2.45, 2.75) is 27.0 Å². The lowest BCUT2D eigenvalue weighted by Crippen LogP contribution is -2.35. The van der Waals surface area contributed by atoms with E-state index in [1.807, 2.05) is 31.3 Å². The molecule has 1 unspecified atom stereocenters. The summed E-state index contributed by atoms with van der Waals surface area (Å²) in [5, 5.41) is 2.17. The third-order valence-electron chi connectivity index (χ3n) is 5.02. The molecule has 0 aliphatic carbocycles. The van der Waals surface area contributed by atoms with E-state index in [4.69, 9.17) is 4.74 Å². The summed E-state index contributed by atoms with van der Waals surface area (Å²) in [5.74, 6) is -0.261. The van der Waals surface area contributed by atoms with Crippen LogP contribution in [-0.4, -0.2) is 13.0 Å². The van der Waals surface area contributed by atoms with Crippen molar-refractivity contribution in [1.82, 2.24) is 0 Å². The molecular weight excluding hydrogens is 310 g/mol. The summed E-state index contributed by atoms with van der Waals surface area (Å²) in [7, 11) is 1.99. The summed E-state index contributed by atoms with van der Waals surface area (Å²) in [4.78, 5) is 14.8. The Labute approximate surface area is 147 Å². The van der Waals surface area contributed by atoms with Crippen molar-refractivity contribution in [1.29, 1.82) is 0 Å². The van der Waals surface area contributed by atoms with Gasteiger partial charge in [-0.05, 0) is 54.8 Å². The first-order valence-corrected chi connectivity index (χ1v) is 8.50. The fourth-order valence-corrected chi connectivity index (χ4v) is 3.89. The molecule has 0 saturated heterocycles. The molecule has 3 heteroatoms. The monoisotopic (exact) mass is 331 g/mol. The molecule has 126 valence electrons. The van der Waals surface area contributed by atoms with Crippen LogP contribution in [-0.2, 0) is 4.74 Å². The third-order valence-corrected chi connectivity index (χ3v) is 5.02. The van der Waals surface area contributed by atoms with Crippen LogP contribution in [0.25, 0.3) is 10.8 Å². The summed E-state index contributed by atoms with van der Waals surface area (Å²) >= 11 is 0. The number of carbonyl (C=O) groups is 1. The van der Waals surface area contributed by atoms with Gasteiger partial charge in [0.25, 0.3) is 0 Å². The fourth-order valence-electron chi connectivity index (χ4n) is 3.89. The maximum Gasteiger partial charge on any atom is 0.342 e. The van der Waals surface area contributed by atoms with Gasteiger partial charge in [0, 0.05) is 12.6 Å². The van der Waals surface area contributed by atoms with Crippen molar-refractivity contribution in [3.05, 3.63) is 76.3 Å². The van der Waals surface area contributed by atoms with Crippen molar-refractivity contribution in [2.24, 2.45) is 0 Å². The molecule has 0 N–H and O–H groups in total. The minimum absolute atomic E-state index is 0.261. The standard InChI is InChI=1S/C22H21NO2/c1-13-9-14(2)20(15(3)10-13)21-23(4)19-12-17-8-6-5-7-16(17)11-18(19)22(24)25-21/h5-12,21H,1-4H3. The first-order valence-electron chi connectivity index (χ1n) is 8.50. The van der Waals surface area contributed by atoms with Gasteiger partial charge in [-0.3, -0.25) is 0 Å². The largest absolute Gasteiger partial charge is 0.433 e. The molecule has 3 aromatic rings. The average molecular weight is 331 g/mol. The second-order valence-corrected chi connectivity index (χ2v) is 6.90. The van der Waals surface area contributed by atoms with E-state index in [9.17, 15) is 4.79 Å². The fraction of sp³-hybridized carbons (Fsp3) is 0.227. The van der Waals surface area contributed by atoms with E-state index in [1.165, 1.54) is 5.56 Å². The van der Waals surface area contributed by atoms with Gasteiger partial charge in [0.05, 0.1) is 11.3 Å². The van der Waals surface area contributed by atoms with E-state index in [0.717, 1.165) is 33.2 Å². The number of hydrogen-bond acceptors (Lipinski definition) is 3. The maximum atomic E-state index is 12.7. The van der Waals surface area contributed by atoms with Gasteiger partial charge in [-0.25, -0.2) is 4.79 Å². The minimum atomic E-state index is -0.401. The molecule has 25 heavy (non-hydrogen) atoms. The van der Waals surface area contributed by atoms with E-state index in [0.29, 0.717) is 5.56 Å². The molecule has 1 heterocycles. The average Bonchev–Trinajstić information content (AvgIpc) is 2.57. The molecule has 0 spiro atoms.